The molecule has 0 spiro atoms. The molecule has 0 aliphatic heterocycles. The van der Waals surface area contributed by atoms with Crippen molar-refractivity contribution in [3.8, 4) is 11.8 Å². The number of nitrogens with two attached hydrogens (primary N) is 1. The van der Waals surface area contributed by atoms with Gasteiger partial charge in [0.05, 0.1) is 0 Å². The van der Waals surface area contributed by atoms with Gasteiger partial charge < -0.3 is 0 Å². The third-order valence-electron chi connectivity index (χ3n) is 2.79. The number of nitrogens with one attached hydrogen (secondary N) is 1. The van der Waals surface area contributed by atoms with E-state index < -0.39 is 0 Å². The molecular formula is C10H18N2. The molecule has 3 N–H and O–H groups in total. The maximum atomic E-state index is 5.46. The van der Waals surface area contributed by atoms with E-state index in [0.717, 1.165) is 6.42 Å². The third-order valence-corrected chi connectivity index (χ3v) is 2.79. The SMILES string of the molecule is CC#CCC(NN)C1CC1(C)C. The van der Waals surface area contributed by atoms with Crippen LogP contribution in [0.3, 0.4) is 0 Å². The van der Waals surface area contributed by atoms with Crippen molar-refractivity contribution in [3.63, 3.8) is 0 Å². The zero-order chi connectivity index (χ0) is 9.19. The van der Waals surface area contributed by atoms with Crippen LogP contribution in [0.15, 0.2) is 0 Å². The van der Waals surface area contributed by atoms with Crippen molar-refractivity contribution in [2.24, 2.45) is 17.2 Å². The summed E-state index contributed by atoms with van der Waals surface area (Å²) >= 11 is 0. The van der Waals surface area contributed by atoms with Gasteiger partial charge in [-0.05, 0) is 24.7 Å². The zero-order valence-electron chi connectivity index (χ0n) is 8.15. The quantitative estimate of drug-likeness (QED) is 0.376. The summed E-state index contributed by atoms with van der Waals surface area (Å²) in [6, 6.07) is 0.382. The van der Waals surface area contributed by atoms with Gasteiger partial charge in [-0.2, -0.15) is 0 Å². The minimum Gasteiger partial charge on any atom is -0.271 e. The summed E-state index contributed by atoms with van der Waals surface area (Å²) < 4.78 is 0. The van der Waals surface area contributed by atoms with E-state index in [1.54, 1.807) is 0 Å². The van der Waals surface area contributed by atoms with Crippen molar-refractivity contribution in [1.82, 2.24) is 5.43 Å². The van der Waals surface area contributed by atoms with Gasteiger partial charge in [-0.1, -0.05) is 13.8 Å². The van der Waals surface area contributed by atoms with Crippen LogP contribution in [0.25, 0.3) is 0 Å². The second-order valence-electron chi connectivity index (χ2n) is 4.20. The van der Waals surface area contributed by atoms with Gasteiger partial charge in [0.15, 0.2) is 0 Å². The monoisotopic (exact) mass is 166 g/mol. The van der Waals surface area contributed by atoms with Gasteiger partial charge in [0.2, 0.25) is 0 Å². The summed E-state index contributed by atoms with van der Waals surface area (Å²) in [5.41, 5.74) is 3.33. The average molecular weight is 166 g/mol. The first-order chi connectivity index (χ1) is 5.61. The van der Waals surface area contributed by atoms with Gasteiger partial charge in [0, 0.05) is 12.5 Å². The van der Waals surface area contributed by atoms with E-state index in [1.165, 1.54) is 6.42 Å². The Morgan fingerprint density at radius 3 is 2.58 bits per heavy atom. The van der Waals surface area contributed by atoms with Crippen LogP contribution in [0.4, 0.5) is 0 Å². The molecule has 0 bridgehead atoms. The van der Waals surface area contributed by atoms with Gasteiger partial charge in [-0.15, -0.1) is 11.8 Å². The summed E-state index contributed by atoms with van der Waals surface area (Å²) in [5, 5.41) is 0. The second kappa shape index (κ2) is 3.47. The Balaban J connectivity index is 2.41. The van der Waals surface area contributed by atoms with Crippen molar-refractivity contribution < 1.29 is 0 Å². The zero-order valence-corrected chi connectivity index (χ0v) is 8.15. The molecule has 0 saturated heterocycles. The molecule has 2 heteroatoms. The lowest BCUT2D eigenvalue weighted by molar-refractivity contribution is 0.417. The molecule has 0 radical (unpaired) electrons. The smallest absolute Gasteiger partial charge is 0.0353 e. The van der Waals surface area contributed by atoms with E-state index in [1.807, 2.05) is 6.92 Å². The standard InChI is InChI=1S/C10H18N2/c1-4-5-6-9(12-11)8-7-10(8,2)3/h8-9,12H,6-7,11H2,1-3H3. The Morgan fingerprint density at radius 2 is 2.25 bits per heavy atom. The highest BCUT2D eigenvalue weighted by atomic mass is 15.2. The van der Waals surface area contributed by atoms with E-state index in [2.05, 4.69) is 31.1 Å². The molecule has 0 aromatic carbocycles. The highest BCUT2D eigenvalue weighted by molar-refractivity contribution is 5.07. The van der Waals surface area contributed by atoms with Crippen LogP contribution in [0, 0.1) is 23.2 Å². The first-order valence-corrected chi connectivity index (χ1v) is 4.47. The fourth-order valence-corrected chi connectivity index (χ4v) is 1.72. The molecule has 1 rings (SSSR count). The minimum absolute atomic E-state index is 0.382. The van der Waals surface area contributed by atoms with Gasteiger partial charge in [0.1, 0.15) is 0 Å². The molecule has 0 aromatic heterocycles. The molecule has 68 valence electrons. The van der Waals surface area contributed by atoms with Crippen LogP contribution in [-0.2, 0) is 0 Å². The summed E-state index contributed by atoms with van der Waals surface area (Å²) in [7, 11) is 0. The Morgan fingerprint density at radius 1 is 1.67 bits per heavy atom. The van der Waals surface area contributed by atoms with Gasteiger partial charge >= 0.3 is 0 Å². The highest BCUT2D eigenvalue weighted by Gasteiger charge is 2.49. The number of hydrogen-bond donors (Lipinski definition) is 2. The molecule has 1 saturated carbocycles. The van der Waals surface area contributed by atoms with E-state index in [-0.39, 0.29) is 0 Å². The molecule has 2 atom stereocenters. The normalized spacial score (nSPS) is 27.2. The van der Waals surface area contributed by atoms with Crippen molar-refractivity contribution in [2.45, 2.75) is 39.7 Å². The highest BCUT2D eigenvalue weighted by Crippen LogP contribution is 2.53. The second-order valence-corrected chi connectivity index (χ2v) is 4.20. The Labute approximate surface area is 74.9 Å². The largest absolute Gasteiger partial charge is 0.271 e. The molecule has 1 aliphatic rings. The van der Waals surface area contributed by atoms with Crippen LogP contribution in [0.1, 0.15) is 33.6 Å². The van der Waals surface area contributed by atoms with Crippen LogP contribution < -0.4 is 11.3 Å². The molecule has 0 amide bonds. The van der Waals surface area contributed by atoms with Crippen molar-refractivity contribution in [3.05, 3.63) is 0 Å². The minimum atomic E-state index is 0.382. The predicted octanol–water partition coefficient (Wildman–Crippen LogP) is 1.28. The topological polar surface area (TPSA) is 38.0 Å². The molecular weight excluding hydrogens is 148 g/mol. The molecule has 0 aromatic rings. The summed E-state index contributed by atoms with van der Waals surface area (Å²) in [6.07, 6.45) is 2.15. The van der Waals surface area contributed by atoms with E-state index >= 15 is 0 Å². The Bertz CT molecular complexity index is 210. The van der Waals surface area contributed by atoms with Crippen LogP contribution in [0.2, 0.25) is 0 Å². The van der Waals surface area contributed by atoms with Crippen molar-refractivity contribution >= 4 is 0 Å². The predicted molar refractivity (Wildman–Crippen MR) is 51.1 cm³/mol. The third kappa shape index (κ3) is 2.00. The first kappa shape index (κ1) is 9.57. The molecule has 2 unspecified atom stereocenters. The van der Waals surface area contributed by atoms with Crippen LogP contribution >= 0.6 is 0 Å². The van der Waals surface area contributed by atoms with Crippen LogP contribution in [0.5, 0.6) is 0 Å². The van der Waals surface area contributed by atoms with E-state index in [9.17, 15) is 0 Å². The van der Waals surface area contributed by atoms with Crippen molar-refractivity contribution in [2.75, 3.05) is 0 Å². The summed E-state index contributed by atoms with van der Waals surface area (Å²) in [5.74, 6) is 12.1. The fourth-order valence-electron chi connectivity index (χ4n) is 1.72. The number of rotatable bonds is 3. The fraction of sp³-hybridized carbons (Fsp3) is 0.800. The summed E-state index contributed by atoms with van der Waals surface area (Å²) in [4.78, 5) is 0. The van der Waals surface area contributed by atoms with Crippen molar-refractivity contribution in [1.29, 1.82) is 0 Å². The lowest BCUT2D eigenvalue weighted by Gasteiger charge is -2.14. The molecule has 0 heterocycles. The Hall–Kier alpha value is -0.520. The lowest BCUT2D eigenvalue weighted by atomic mass is 10.0. The van der Waals surface area contributed by atoms with E-state index in [4.69, 9.17) is 5.84 Å². The maximum Gasteiger partial charge on any atom is 0.0353 e. The lowest BCUT2D eigenvalue weighted by Crippen LogP contribution is -2.37. The molecule has 12 heavy (non-hydrogen) atoms. The number of hydrazine groups is 1. The Kier molecular flexibility index (Phi) is 2.76. The summed E-state index contributed by atoms with van der Waals surface area (Å²) in [6.45, 7) is 6.42. The van der Waals surface area contributed by atoms with E-state index in [0.29, 0.717) is 17.4 Å². The van der Waals surface area contributed by atoms with Gasteiger partial charge in [-0.25, -0.2) is 0 Å². The maximum absolute atomic E-state index is 5.46. The molecule has 1 fully saturated rings. The van der Waals surface area contributed by atoms with Crippen LogP contribution in [-0.4, -0.2) is 6.04 Å². The molecule has 1 aliphatic carbocycles. The number of hydrogen-bond acceptors (Lipinski definition) is 2. The van der Waals surface area contributed by atoms with Gasteiger partial charge in [-0.3, -0.25) is 11.3 Å². The van der Waals surface area contributed by atoms with Gasteiger partial charge in [0.25, 0.3) is 0 Å². The average Bonchev–Trinajstić information content (AvgIpc) is 2.62. The first-order valence-electron chi connectivity index (χ1n) is 4.47. The molecule has 2 nitrogen and oxygen atoms in total.